The molecule has 0 aliphatic heterocycles. The van der Waals surface area contributed by atoms with E-state index in [-0.39, 0.29) is 0 Å². The SMILES string of the molecule is Cc1cc(CBr)cnc1I. The Balaban J connectivity index is 3.04. The van der Waals surface area contributed by atoms with Gasteiger partial charge in [-0.1, -0.05) is 22.0 Å². The molecule has 54 valence electrons. The second-order valence-corrected chi connectivity index (χ2v) is 3.67. The van der Waals surface area contributed by atoms with Crippen LogP contribution in [0, 0.1) is 10.6 Å². The van der Waals surface area contributed by atoms with Crippen LogP contribution in [0.1, 0.15) is 11.1 Å². The van der Waals surface area contributed by atoms with Crippen LogP contribution in [0.2, 0.25) is 0 Å². The fraction of sp³-hybridized carbons (Fsp3) is 0.286. The van der Waals surface area contributed by atoms with Gasteiger partial charge >= 0.3 is 0 Å². The van der Waals surface area contributed by atoms with Gasteiger partial charge in [0.05, 0.1) is 0 Å². The van der Waals surface area contributed by atoms with Crippen molar-refractivity contribution >= 4 is 38.5 Å². The van der Waals surface area contributed by atoms with Gasteiger partial charge in [0.15, 0.2) is 0 Å². The maximum atomic E-state index is 4.21. The number of halogens is 2. The predicted molar refractivity (Wildman–Crippen MR) is 54.3 cm³/mol. The molecular weight excluding hydrogens is 305 g/mol. The molecule has 0 N–H and O–H groups in total. The molecule has 3 heteroatoms. The molecule has 0 atom stereocenters. The number of pyridine rings is 1. The summed E-state index contributed by atoms with van der Waals surface area (Å²) in [6.45, 7) is 2.07. The molecule has 0 radical (unpaired) electrons. The topological polar surface area (TPSA) is 12.9 Å². The number of alkyl halides is 1. The third-order valence-corrected chi connectivity index (χ3v) is 3.00. The molecule has 0 aliphatic carbocycles. The molecule has 0 spiro atoms. The first-order valence-corrected chi connectivity index (χ1v) is 5.11. The van der Waals surface area contributed by atoms with E-state index in [4.69, 9.17) is 0 Å². The van der Waals surface area contributed by atoms with Crippen molar-refractivity contribution in [1.82, 2.24) is 4.98 Å². The van der Waals surface area contributed by atoms with Gasteiger partial charge in [0, 0.05) is 11.5 Å². The summed E-state index contributed by atoms with van der Waals surface area (Å²) in [5, 5.41) is 0.887. The summed E-state index contributed by atoms with van der Waals surface area (Å²) in [4.78, 5) is 4.21. The molecule has 0 aromatic carbocycles. The lowest BCUT2D eigenvalue weighted by atomic mass is 10.2. The third-order valence-electron chi connectivity index (χ3n) is 1.23. The Morgan fingerprint density at radius 3 is 2.90 bits per heavy atom. The van der Waals surface area contributed by atoms with Gasteiger partial charge in [0.25, 0.3) is 0 Å². The van der Waals surface area contributed by atoms with Gasteiger partial charge in [0.2, 0.25) is 0 Å². The Kier molecular flexibility index (Phi) is 3.10. The minimum absolute atomic E-state index is 0.887. The number of rotatable bonds is 1. The molecule has 0 amide bonds. The van der Waals surface area contributed by atoms with Crippen LogP contribution in [0.4, 0.5) is 0 Å². The third kappa shape index (κ3) is 1.92. The normalized spacial score (nSPS) is 9.90. The Bertz CT molecular complexity index is 237. The number of hydrogen-bond donors (Lipinski definition) is 0. The van der Waals surface area contributed by atoms with Crippen molar-refractivity contribution in [3.8, 4) is 0 Å². The van der Waals surface area contributed by atoms with E-state index >= 15 is 0 Å². The van der Waals surface area contributed by atoms with E-state index in [2.05, 4.69) is 56.5 Å². The van der Waals surface area contributed by atoms with Crippen LogP contribution in [0.3, 0.4) is 0 Å². The predicted octanol–water partition coefficient (Wildman–Crippen LogP) is 2.89. The van der Waals surface area contributed by atoms with Gasteiger partial charge < -0.3 is 0 Å². The summed E-state index contributed by atoms with van der Waals surface area (Å²) in [5.74, 6) is 0. The monoisotopic (exact) mass is 311 g/mol. The number of aromatic nitrogens is 1. The molecule has 1 nitrogen and oxygen atoms in total. The fourth-order valence-corrected chi connectivity index (χ4v) is 1.29. The molecule has 10 heavy (non-hydrogen) atoms. The van der Waals surface area contributed by atoms with Gasteiger partial charge in [-0.2, -0.15) is 0 Å². The molecular formula is C7H7BrIN. The van der Waals surface area contributed by atoms with Crippen molar-refractivity contribution < 1.29 is 0 Å². The first-order chi connectivity index (χ1) is 4.74. The Morgan fingerprint density at radius 2 is 2.40 bits per heavy atom. The molecule has 1 aromatic heterocycles. The minimum atomic E-state index is 0.887. The van der Waals surface area contributed by atoms with Gasteiger partial charge in [-0.15, -0.1) is 0 Å². The summed E-state index contributed by atoms with van der Waals surface area (Å²) >= 11 is 5.60. The first kappa shape index (κ1) is 8.46. The van der Waals surface area contributed by atoms with E-state index in [1.54, 1.807) is 0 Å². The second-order valence-electron chi connectivity index (χ2n) is 2.08. The highest BCUT2D eigenvalue weighted by Crippen LogP contribution is 2.11. The lowest BCUT2D eigenvalue weighted by Gasteiger charge is -1.98. The molecule has 0 aliphatic rings. The van der Waals surface area contributed by atoms with Crippen LogP contribution in [-0.4, -0.2) is 4.98 Å². The molecule has 0 fully saturated rings. The van der Waals surface area contributed by atoms with Crippen molar-refractivity contribution in [1.29, 1.82) is 0 Å². The zero-order valence-corrected chi connectivity index (χ0v) is 9.31. The summed E-state index contributed by atoms with van der Waals surface area (Å²) in [7, 11) is 0. The summed E-state index contributed by atoms with van der Waals surface area (Å²) in [6, 6.07) is 2.14. The summed E-state index contributed by atoms with van der Waals surface area (Å²) < 4.78 is 1.09. The van der Waals surface area contributed by atoms with Gasteiger partial charge in [-0.25, -0.2) is 4.98 Å². The van der Waals surface area contributed by atoms with Crippen LogP contribution < -0.4 is 0 Å². The Labute approximate surface area is 82.5 Å². The summed E-state index contributed by atoms with van der Waals surface area (Å²) in [5.41, 5.74) is 2.48. The van der Waals surface area contributed by atoms with Gasteiger partial charge in [0.1, 0.15) is 3.70 Å². The quantitative estimate of drug-likeness (QED) is 0.441. The van der Waals surface area contributed by atoms with Crippen LogP contribution >= 0.6 is 38.5 Å². The number of nitrogens with zero attached hydrogens (tertiary/aromatic N) is 1. The van der Waals surface area contributed by atoms with Crippen LogP contribution in [-0.2, 0) is 5.33 Å². The molecule has 1 heterocycles. The molecule has 1 aromatic rings. The van der Waals surface area contributed by atoms with E-state index in [9.17, 15) is 0 Å². The Hall–Kier alpha value is 0.360. The fourth-order valence-electron chi connectivity index (χ4n) is 0.689. The first-order valence-electron chi connectivity index (χ1n) is 2.91. The lowest BCUT2D eigenvalue weighted by molar-refractivity contribution is 1.17. The standard InChI is InChI=1S/C7H7BrIN/c1-5-2-6(3-8)4-10-7(5)9/h2,4H,3H2,1H3. The van der Waals surface area contributed by atoms with Gasteiger partial charge in [-0.05, 0) is 40.6 Å². The van der Waals surface area contributed by atoms with E-state index < -0.39 is 0 Å². The van der Waals surface area contributed by atoms with Crippen molar-refractivity contribution in [3.05, 3.63) is 27.1 Å². The van der Waals surface area contributed by atoms with Crippen molar-refractivity contribution in [2.45, 2.75) is 12.3 Å². The minimum Gasteiger partial charge on any atom is -0.250 e. The zero-order chi connectivity index (χ0) is 7.56. The zero-order valence-electron chi connectivity index (χ0n) is 5.56. The van der Waals surface area contributed by atoms with E-state index in [0.29, 0.717) is 0 Å². The maximum Gasteiger partial charge on any atom is 0.104 e. The molecule has 1 rings (SSSR count). The molecule has 0 saturated heterocycles. The second kappa shape index (κ2) is 3.67. The average molecular weight is 312 g/mol. The van der Waals surface area contributed by atoms with Crippen molar-refractivity contribution in [3.63, 3.8) is 0 Å². The molecule has 0 bridgehead atoms. The summed E-state index contributed by atoms with van der Waals surface area (Å²) in [6.07, 6.45) is 1.89. The largest absolute Gasteiger partial charge is 0.250 e. The van der Waals surface area contributed by atoms with E-state index in [0.717, 1.165) is 9.03 Å². The molecule has 0 unspecified atom stereocenters. The lowest BCUT2D eigenvalue weighted by Crippen LogP contribution is -1.88. The number of hydrogen-bond acceptors (Lipinski definition) is 1. The van der Waals surface area contributed by atoms with E-state index in [1.165, 1.54) is 11.1 Å². The molecule has 0 saturated carbocycles. The van der Waals surface area contributed by atoms with Crippen LogP contribution in [0.15, 0.2) is 12.3 Å². The van der Waals surface area contributed by atoms with Crippen LogP contribution in [0.5, 0.6) is 0 Å². The van der Waals surface area contributed by atoms with E-state index in [1.807, 2.05) is 6.20 Å². The highest BCUT2D eigenvalue weighted by molar-refractivity contribution is 14.1. The Morgan fingerprint density at radius 1 is 1.70 bits per heavy atom. The highest BCUT2D eigenvalue weighted by Gasteiger charge is 1.95. The highest BCUT2D eigenvalue weighted by atomic mass is 127. The van der Waals surface area contributed by atoms with Crippen molar-refractivity contribution in [2.75, 3.05) is 0 Å². The van der Waals surface area contributed by atoms with Crippen LogP contribution in [0.25, 0.3) is 0 Å². The number of aryl methyl sites for hydroxylation is 1. The van der Waals surface area contributed by atoms with Gasteiger partial charge in [-0.3, -0.25) is 0 Å². The maximum absolute atomic E-state index is 4.21. The smallest absolute Gasteiger partial charge is 0.104 e. The van der Waals surface area contributed by atoms with Crippen molar-refractivity contribution in [2.24, 2.45) is 0 Å². The average Bonchev–Trinajstić information content (AvgIpc) is 1.95.